The van der Waals surface area contributed by atoms with Gasteiger partial charge >= 0.3 is 80.0 Å². The Hall–Kier alpha value is -1.08. The maximum Gasteiger partial charge on any atom is 0.412 e. The summed E-state index contributed by atoms with van der Waals surface area (Å²) in [5, 5.41) is 0. The molecule has 56 heavy (non-hydrogen) atoms. The van der Waals surface area contributed by atoms with Crippen molar-refractivity contribution < 1.29 is 142 Å². The average Bonchev–Trinajstić information content (AvgIpc) is 2.93. The van der Waals surface area contributed by atoms with Gasteiger partial charge in [-0.2, -0.15) is 105 Å². The maximum atomic E-state index is 13.3. The highest BCUT2D eigenvalue weighted by Crippen LogP contribution is 2.81. The standard InChI is InChI=1S/C16H16F24N4O8P4/c17-9(18,19)1-45-53(46-2-10(20,21)22)41-54(47-3-11(23,24)25,48-4-12(26,27)28)43-56(51-7-15(35,36)37,52-8-16(38,39)40)44-55(42-53,49-5-13(29,30)31)50-6-14(32,33)34/h1-8H2. The minimum Gasteiger partial charge on any atom is -0.297 e. The van der Waals surface area contributed by atoms with Gasteiger partial charge in [0.15, 0.2) is 52.9 Å². The van der Waals surface area contributed by atoms with Crippen LogP contribution in [0.15, 0.2) is 18.1 Å². The van der Waals surface area contributed by atoms with Crippen LogP contribution in [0.4, 0.5) is 105 Å². The molecule has 0 aromatic rings. The lowest BCUT2D eigenvalue weighted by atomic mass is 10.7. The second-order valence-corrected chi connectivity index (χ2v) is 18.3. The van der Waals surface area contributed by atoms with E-state index >= 15 is 0 Å². The molecule has 40 heteroatoms. The average molecular weight is 972 g/mol. The van der Waals surface area contributed by atoms with Crippen LogP contribution < -0.4 is 0 Å². The first-order chi connectivity index (χ1) is 24.5. The molecule has 0 aromatic carbocycles. The molecule has 0 aliphatic carbocycles. The monoisotopic (exact) mass is 972 g/mol. The Morgan fingerprint density at radius 2 is 0.304 bits per heavy atom. The Balaban J connectivity index is 5.01. The fourth-order valence-electron chi connectivity index (χ4n) is 2.46. The molecule has 0 fully saturated rings. The summed E-state index contributed by atoms with van der Waals surface area (Å²) in [6, 6.07) is 0. The molecule has 0 spiro atoms. The third-order valence-electron chi connectivity index (χ3n) is 4.08. The molecule has 336 valence electrons. The molecule has 1 aliphatic rings. The highest BCUT2D eigenvalue weighted by Gasteiger charge is 2.51. The molecule has 0 bridgehead atoms. The number of hydrogen-bond acceptors (Lipinski definition) is 12. The quantitative estimate of drug-likeness (QED) is 0.111. The molecule has 1 heterocycles. The van der Waals surface area contributed by atoms with E-state index in [0.717, 1.165) is 0 Å². The first kappa shape index (κ1) is 52.9. The lowest BCUT2D eigenvalue weighted by Gasteiger charge is -2.34. The molecule has 12 nitrogen and oxygen atoms in total. The van der Waals surface area contributed by atoms with Crippen LogP contribution in [-0.2, 0) is 36.2 Å². The van der Waals surface area contributed by atoms with E-state index < -0.39 is 133 Å². The van der Waals surface area contributed by atoms with Gasteiger partial charge in [0.2, 0.25) is 0 Å². The Bertz CT molecular complexity index is 1190. The van der Waals surface area contributed by atoms with E-state index in [1.54, 1.807) is 0 Å². The minimum atomic E-state index is -7.17. The van der Waals surface area contributed by atoms with Gasteiger partial charge in [0.1, 0.15) is 0 Å². The van der Waals surface area contributed by atoms with Crippen LogP contribution in [0.3, 0.4) is 0 Å². The van der Waals surface area contributed by atoms with Gasteiger partial charge in [0.25, 0.3) is 0 Å². The van der Waals surface area contributed by atoms with Crippen molar-refractivity contribution in [1.29, 1.82) is 0 Å². The summed E-state index contributed by atoms with van der Waals surface area (Å²) >= 11 is 0. The summed E-state index contributed by atoms with van der Waals surface area (Å²) in [4.78, 5) is 0. The van der Waals surface area contributed by atoms with Crippen LogP contribution in [-0.4, -0.2) is 102 Å². The van der Waals surface area contributed by atoms with Crippen molar-refractivity contribution in [2.24, 2.45) is 18.1 Å². The predicted molar refractivity (Wildman–Crippen MR) is 133 cm³/mol. The summed E-state index contributed by atoms with van der Waals surface area (Å²) < 4.78 is 361. The molecular formula is C16H16F24N4O8P4. The zero-order valence-electron chi connectivity index (χ0n) is 25.6. The molecule has 1 rings (SSSR count). The van der Waals surface area contributed by atoms with Crippen LogP contribution in [0.1, 0.15) is 0 Å². The normalized spacial score (nSPS) is 19.6. The van der Waals surface area contributed by atoms with Crippen molar-refractivity contribution >= 4 is 30.6 Å². The summed E-state index contributed by atoms with van der Waals surface area (Å²) in [6.45, 7) is -26.3. The number of nitrogens with zero attached hydrogens (tertiary/aromatic N) is 4. The predicted octanol–water partition coefficient (Wildman–Crippen LogP) is 12.4. The van der Waals surface area contributed by atoms with Crippen molar-refractivity contribution in [3.05, 3.63) is 0 Å². The Labute approximate surface area is 293 Å². The smallest absolute Gasteiger partial charge is 0.297 e. The fourth-order valence-corrected chi connectivity index (χ4v) is 15.0. The number of hydrogen-bond donors (Lipinski definition) is 0. The molecule has 0 aromatic heterocycles. The van der Waals surface area contributed by atoms with E-state index in [1.165, 1.54) is 0 Å². The van der Waals surface area contributed by atoms with Gasteiger partial charge in [-0.25, -0.2) is 0 Å². The van der Waals surface area contributed by atoms with Crippen LogP contribution in [0.25, 0.3) is 0 Å². The van der Waals surface area contributed by atoms with Gasteiger partial charge in [-0.3, -0.25) is 36.2 Å². The SMILES string of the molecule is FC(F)(F)COP1(OCC(F)(F)F)=NP(OCC(F)(F)F)(OCC(F)(F)F)=NP(OCC(F)(F)F)(OCC(F)(F)F)=NP(OCC(F)(F)F)(OCC(F)(F)F)=N1. The topological polar surface area (TPSA) is 123 Å². The summed E-state index contributed by atoms with van der Waals surface area (Å²) in [7, 11) is -28.7. The van der Waals surface area contributed by atoms with Crippen molar-refractivity contribution in [3.63, 3.8) is 0 Å². The highest BCUT2D eigenvalue weighted by atomic mass is 31.3. The maximum absolute atomic E-state index is 13.3. The summed E-state index contributed by atoms with van der Waals surface area (Å²) in [6.07, 6.45) is -48.3. The van der Waals surface area contributed by atoms with E-state index in [-0.39, 0.29) is 0 Å². The van der Waals surface area contributed by atoms with Gasteiger partial charge in [0, 0.05) is 0 Å². The molecule has 1 aliphatic heterocycles. The van der Waals surface area contributed by atoms with Crippen molar-refractivity contribution in [3.8, 4) is 0 Å². The third-order valence-corrected chi connectivity index (χ3v) is 15.0. The van der Waals surface area contributed by atoms with Crippen molar-refractivity contribution in [2.45, 2.75) is 49.4 Å². The van der Waals surface area contributed by atoms with E-state index in [2.05, 4.69) is 54.3 Å². The largest absolute Gasteiger partial charge is 0.412 e. The lowest BCUT2D eigenvalue weighted by molar-refractivity contribution is -0.164. The fraction of sp³-hybridized carbons (Fsp3) is 1.00. The molecule has 0 atom stereocenters. The van der Waals surface area contributed by atoms with Crippen LogP contribution in [0.2, 0.25) is 0 Å². The molecule has 0 saturated carbocycles. The van der Waals surface area contributed by atoms with E-state index in [4.69, 9.17) is 0 Å². The Morgan fingerprint density at radius 3 is 0.375 bits per heavy atom. The zero-order chi connectivity index (χ0) is 44.1. The summed E-state index contributed by atoms with van der Waals surface area (Å²) in [5.74, 6) is 0. The van der Waals surface area contributed by atoms with Gasteiger partial charge in [0.05, 0.1) is 0 Å². The molecule has 0 N–H and O–H groups in total. The number of alkyl halides is 24. The van der Waals surface area contributed by atoms with Crippen LogP contribution >= 0.6 is 30.6 Å². The van der Waals surface area contributed by atoms with Crippen LogP contribution in [0, 0.1) is 0 Å². The van der Waals surface area contributed by atoms with Gasteiger partial charge in [-0.1, -0.05) is 0 Å². The van der Waals surface area contributed by atoms with Crippen molar-refractivity contribution in [1.82, 2.24) is 0 Å². The van der Waals surface area contributed by atoms with E-state index in [9.17, 15) is 105 Å². The third kappa shape index (κ3) is 22.9. The minimum absolute atomic E-state index is 2.43. The Kier molecular flexibility index (Phi) is 17.3. The second kappa shape index (κ2) is 18.3. The van der Waals surface area contributed by atoms with E-state index in [1.807, 2.05) is 0 Å². The van der Waals surface area contributed by atoms with E-state index in [0.29, 0.717) is 0 Å². The van der Waals surface area contributed by atoms with Gasteiger partial charge < -0.3 is 0 Å². The zero-order valence-corrected chi connectivity index (χ0v) is 29.1. The molecule has 0 radical (unpaired) electrons. The first-order valence-corrected chi connectivity index (χ1v) is 18.9. The van der Waals surface area contributed by atoms with Crippen molar-refractivity contribution in [2.75, 3.05) is 52.9 Å². The highest BCUT2D eigenvalue weighted by molar-refractivity contribution is 7.78. The molecule has 0 saturated heterocycles. The Morgan fingerprint density at radius 1 is 0.214 bits per heavy atom. The van der Waals surface area contributed by atoms with Gasteiger partial charge in [-0.15, -0.1) is 18.1 Å². The molecule has 0 unspecified atom stereocenters. The van der Waals surface area contributed by atoms with Gasteiger partial charge in [-0.05, 0) is 0 Å². The first-order valence-electron chi connectivity index (χ1n) is 12.7. The lowest BCUT2D eigenvalue weighted by Crippen LogP contribution is -2.23. The summed E-state index contributed by atoms with van der Waals surface area (Å²) in [5.41, 5.74) is 0. The van der Waals surface area contributed by atoms with Crippen LogP contribution in [0.5, 0.6) is 0 Å². The number of halogens is 24. The number of rotatable bonds is 16. The molecule has 0 amide bonds. The molecular weight excluding hydrogens is 956 g/mol. The second-order valence-electron chi connectivity index (χ2n) is 9.43.